The van der Waals surface area contributed by atoms with Crippen molar-refractivity contribution in [2.24, 2.45) is 11.7 Å². The number of fused-ring (bicyclic) bond motifs is 2. The first-order valence-electron chi connectivity index (χ1n) is 11.2. The average molecular weight is 386 g/mol. The molecule has 0 radical (unpaired) electrons. The fourth-order valence-corrected chi connectivity index (χ4v) is 5.89. The van der Waals surface area contributed by atoms with Crippen molar-refractivity contribution >= 4 is 5.91 Å². The van der Waals surface area contributed by atoms with Gasteiger partial charge in [-0.05, 0) is 68.5 Å². The van der Waals surface area contributed by atoms with E-state index < -0.39 is 5.91 Å². The lowest BCUT2D eigenvalue weighted by Gasteiger charge is -2.39. The van der Waals surface area contributed by atoms with Gasteiger partial charge in [0.2, 0.25) is 0 Å². The zero-order chi connectivity index (χ0) is 19.5. The number of piperidine rings is 1. The van der Waals surface area contributed by atoms with E-state index in [-0.39, 0.29) is 11.3 Å². The molecule has 3 aliphatic rings. The molecule has 1 aromatic carbocycles. The van der Waals surface area contributed by atoms with Crippen LogP contribution in [0.3, 0.4) is 0 Å². The summed E-state index contributed by atoms with van der Waals surface area (Å²) in [7, 11) is 0. The normalized spacial score (nSPS) is 28.5. The van der Waals surface area contributed by atoms with Gasteiger partial charge in [0, 0.05) is 25.2 Å². The van der Waals surface area contributed by atoms with Crippen LogP contribution in [-0.4, -0.2) is 47.6 Å². The van der Waals surface area contributed by atoms with Crippen molar-refractivity contribution in [1.82, 2.24) is 10.2 Å². The molecule has 4 N–H and O–H groups in total. The lowest BCUT2D eigenvalue weighted by molar-refractivity contribution is 0.0997. The molecule has 28 heavy (non-hydrogen) atoms. The fourth-order valence-electron chi connectivity index (χ4n) is 5.89. The van der Waals surface area contributed by atoms with E-state index in [1.807, 2.05) is 12.1 Å². The summed E-state index contributed by atoms with van der Waals surface area (Å²) in [5, 5.41) is 14.3. The Morgan fingerprint density at radius 2 is 1.82 bits per heavy atom. The summed E-state index contributed by atoms with van der Waals surface area (Å²) < 4.78 is 0. The lowest BCUT2D eigenvalue weighted by atomic mass is 9.83. The summed E-state index contributed by atoms with van der Waals surface area (Å²) in [5.74, 6) is 0.755. The van der Waals surface area contributed by atoms with Gasteiger partial charge in [0.15, 0.2) is 0 Å². The summed E-state index contributed by atoms with van der Waals surface area (Å²) in [6, 6.07) is 6.61. The minimum atomic E-state index is -0.552. The highest BCUT2D eigenvalue weighted by Gasteiger charge is 2.41. The lowest BCUT2D eigenvalue weighted by Crippen LogP contribution is -2.45. The smallest absolute Gasteiger partial charge is 0.252 e. The predicted molar refractivity (Wildman–Crippen MR) is 112 cm³/mol. The third-order valence-electron chi connectivity index (χ3n) is 7.36. The Labute approximate surface area is 168 Å². The molecule has 5 nitrogen and oxygen atoms in total. The number of carbonyl (C=O) groups excluding carboxylic acids is 1. The van der Waals surface area contributed by atoms with E-state index in [2.05, 4.69) is 10.2 Å². The molecule has 5 heteroatoms. The van der Waals surface area contributed by atoms with Crippen LogP contribution in [0.1, 0.15) is 79.6 Å². The molecule has 2 atom stereocenters. The van der Waals surface area contributed by atoms with Crippen molar-refractivity contribution < 1.29 is 9.90 Å². The van der Waals surface area contributed by atoms with Crippen molar-refractivity contribution in [3.8, 4) is 5.75 Å². The first kappa shape index (κ1) is 19.7. The number of para-hydroxylation sites is 1. The zero-order valence-electron chi connectivity index (χ0n) is 16.9. The maximum atomic E-state index is 11.6. The standard InChI is InChI=1S/C23H35N3O2/c24-23(28)21-8-4-7-20(22(21)27)17-13-18-9-10-19(14-17)26(18)12-11-25-15-16-5-2-1-3-6-16/h4,7-8,16-19,25,27H,1-3,5-6,9-15H2,(H2,24,28). The van der Waals surface area contributed by atoms with Crippen LogP contribution < -0.4 is 11.1 Å². The molecule has 154 valence electrons. The highest BCUT2D eigenvalue weighted by atomic mass is 16.3. The topological polar surface area (TPSA) is 78.6 Å². The van der Waals surface area contributed by atoms with E-state index in [1.54, 1.807) is 6.07 Å². The van der Waals surface area contributed by atoms with Crippen LogP contribution in [0.2, 0.25) is 0 Å². The van der Waals surface area contributed by atoms with Crippen LogP contribution in [0.5, 0.6) is 5.75 Å². The number of aromatic hydroxyl groups is 1. The van der Waals surface area contributed by atoms with Crippen molar-refractivity contribution in [3.63, 3.8) is 0 Å². The van der Waals surface area contributed by atoms with Crippen molar-refractivity contribution in [2.75, 3.05) is 19.6 Å². The molecular weight excluding hydrogens is 350 g/mol. The molecule has 1 saturated carbocycles. The van der Waals surface area contributed by atoms with Gasteiger partial charge in [0.25, 0.3) is 5.91 Å². The Hall–Kier alpha value is -1.59. The van der Waals surface area contributed by atoms with Gasteiger partial charge in [-0.2, -0.15) is 0 Å². The maximum absolute atomic E-state index is 11.6. The molecule has 0 aromatic heterocycles. The van der Waals surface area contributed by atoms with Crippen molar-refractivity contribution in [2.45, 2.75) is 75.8 Å². The zero-order valence-corrected chi connectivity index (χ0v) is 16.9. The molecule has 1 amide bonds. The van der Waals surface area contributed by atoms with E-state index in [9.17, 15) is 9.90 Å². The number of hydrogen-bond donors (Lipinski definition) is 3. The van der Waals surface area contributed by atoms with E-state index in [0.717, 1.165) is 37.4 Å². The Kier molecular flexibility index (Phi) is 6.22. The molecule has 2 bridgehead atoms. The monoisotopic (exact) mass is 385 g/mol. The van der Waals surface area contributed by atoms with E-state index in [1.165, 1.54) is 51.5 Å². The molecule has 4 rings (SSSR count). The van der Waals surface area contributed by atoms with Crippen LogP contribution in [0.25, 0.3) is 0 Å². The quantitative estimate of drug-likeness (QED) is 0.629. The SMILES string of the molecule is NC(=O)c1cccc(C2CC3CCC(C2)N3CCNCC2CCCCC2)c1O. The Bertz CT molecular complexity index is 672. The number of nitrogens with two attached hydrogens (primary N) is 1. The molecule has 1 aliphatic carbocycles. The molecule has 2 unspecified atom stereocenters. The molecule has 2 saturated heterocycles. The second-order valence-electron chi connectivity index (χ2n) is 9.11. The first-order valence-corrected chi connectivity index (χ1v) is 11.2. The number of benzene rings is 1. The number of nitrogens with one attached hydrogen (secondary N) is 1. The summed E-state index contributed by atoms with van der Waals surface area (Å²) in [6.45, 7) is 3.39. The third kappa shape index (κ3) is 4.20. The average Bonchev–Trinajstić information content (AvgIpc) is 2.93. The van der Waals surface area contributed by atoms with E-state index in [4.69, 9.17) is 5.73 Å². The fraction of sp³-hybridized carbons (Fsp3) is 0.696. The van der Waals surface area contributed by atoms with Crippen LogP contribution in [0.4, 0.5) is 0 Å². The largest absolute Gasteiger partial charge is 0.507 e. The van der Waals surface area contributed by atoms with Crippen molar-refractivity contribution in [3.05, 3.63) is 29.3 Å². The van der Waals surface area contributed by atoms with Crippen LogP contribution in [-0.2, 0) is 0 Å². The van der Waals surface area contributed by atoms with Gasteiger partial charge < -0.3 is 16.2 Å². The van der Waals surface area contributed by atoms with Gasteiger partial charge in [-0.15, -0.1) is 0 Å². The second kappa shape index (κ2) is 8.83. The van der Waals surface area contributed by atoms with E-state index >= 15 is 0 Å². The summed E-state index contributed by atoms with van der Waals surface area (Å²) in [6.07, 6.45) is 11.7. The number of hydrogen-bond acceptors (Lipinski definition) is 4. The van der Waals surface area contributed by atoms with Gasteiger partial charge in [-0.3, -0.25) is 9.69 Å². The van der Waals surface area contributed by atoms with Crippen molar-refractivity contribution in [1.29, 1.82) is 0 Å². The number of phenols is 1. The second-order valence-corrected chi connectivity index (χ2v) is 9.11. The number of amides is 1. The minimum Gasteiger partial charge on any atom is -0.507 e. The highest BCUT2D eigenvalue weighted by molar-refractivity contribution is 5.96. The molecule has 1 aromatic rings. The number of nitrogens with zero attached hydrogens (tertiary/aromatic N) is 1. The Morgan fingerprint density at radius 1 is 1.11 bits per heavy atom. The van der Waals surface area contributed by atoms with Gasteiger partial charge >= 0.3 is 0 Å². The minimum absolute atomic E-state index is 0.0991. The van der Waals surface area contributed by atoms with Crippen LogP contribution in [0, 0.1) is 5.92 Å². The summed E-state index contributed by atoms with van der Waals surface area (Å²) in [5.41, 5.74) is 6.56. The van der Waals surface area contributed by atoms with Gasteiger partial charge in [0.1, 0.15) is 5.75 Å². The predicted octanol–water partition coefficient (Wildman–Crippen LogP) is 3.37. The first-order chi connectivity index (χ1) is 13.6. The van der Waals surface area contributed by atoms with Gasteiger partial charge in [-0.1, -0.05) is 31.4 Å². The van der Waals surface area contributed by atoms with Crippen LogP contribution in [0.15, 0.2) is 18.2 Å². The van der Waals surface area contributed by atoms with Gasteiger partial charge in [-0.25, -0.2) is 0 Å². The van der Waals surface area contributed by atoms with Gasteiger partial charge in [0.05, 0.1) is 5.56 Å². The molecular formula is C23H35N3O2. The molecule has 3 fully saturated rings. The highest BCUT2D eigenvalue weighted by Crippen LogP contribution is 2.45. The number of rotatable bonds is 7. The van der Waals surface area contributed by atoms with E-state index in [0.29, 0.717) is 18.0 Å². The summed E-state index contributed by atoms with van der Waals surface area (Å²) >= 11 is 0. The summed E-state index contributed by atoms with van der Waals surface area (Å²) in [4.78, 5) is 14.3. The Balaban J connectivity index is 1.31. The number of carbonyl (C=O) groups is 1. The number of primary amides is 1. The van der Waals surface area contributed by atoms with Crippen LogP contribution >= 0.6 is 0 Å². The maximum Gasteiger partial charge on any atom is 0.252 e. The molecule has 2 heterocycles. The molecule has 2 aliphatic heterocycles. The third-order valence-corrected chi connectivity index (χ3v) is 7.36. The Morgan fingerprint density at radius 3 is 2.50 bits per heavy atom. The molecule has 0 spiro atoms.